The molecule has 2 aliphatic rings. The van der Waals surface area contributed by atoms with Crippen LogP contribution in [0.25, 0.3) is 0 Å². The molecule has 4 nitrogen and oxygen atoms in total. The Morgan fingerprint density at radius 3 is 1.61 bits per heavy atom. The Balaban J connectivity index is 1.95. The molecule has 0 spiro atoms. The summed E-state index contributed by atoms with van der Waals surface area (Å²) in [6.07, 6.45) is 7.22. The zero-order chi connectivity index (χ0) is 12.5. The highest BCUT2D eigenvalue weighted by molar-refractivity contribution is 4.88. The normalized spacial score (nSPS) is 34.2. The van der Waals surface area contributed by atoms with Crippen molar-refractivity contribution in [3.05, 3.63) is 12.2 Å². The lowest BCUT2D eigenvalue weighted by Crippen LogP contribution is -2.39. The van der Waals surface area contributed by atoms with Crippen molar-refractivity contribution in [1.29, 1.82) is 0 Å². The van der Waals surface area contributed by atoms with E-state index in [1.54, 1.807) is 0 Å². The van der Waals surface area contributed by atoms with Crippen LogP contribution >= 0.6 is 0 Å². The molecular weight excluding hydrogens is 224 g/mol. The van der Waals surface area contributed by atoms with E-state index in [0.29, 0.717) is 0 Å². The summed E-state index contributed by atoms with van der Waals surface area (Å²) in [6.45, 7) is 11.5. The molecule has 0 radical (unpaired) electrons. The van der Waals surface area contributed by atoms with E-state index < -0.39 is 0 Å². The topological polar surface area (TPSA) is 30.5 Å². The van der Waals surface area contributed by atoms with E-state index in [4.69, 9.17) is 0 Å². The van der Waals surface area contributed by atoms with Gasteiger partial charge >= 0.3 is 0 Å². The average Bonchev–Trinajstić information content (AvgIpc) is 2.36. The van der Waals surface area contributed by atoms with Crippen molar-refractivity contribution in [2.75, 3.05) is 65.4 Å². The Hall–Kier alpha value is -0.420. The zero-order valence-electron chi connectivity index (χ0n) is 11.5. The van der Waals surface area contributed by atoms with Crippen LogP contribution in [0.4, 0.5) is 0 Å². The number of fused-ring (bicyclic) bond motifs is 4. The van der Waals surface area contributed by atoms with Crippen LogP contribution < -0.4 is 10.6 Å². The van der Waals surface area contributed by atoms with E-state index in [-0.39, 0.29) is 0 Å². The lowest BCUT2D eigenvalue weighted by molar-refractivity contribution is 0.266. The third kappa shape index (κ3) is 5.48. The van der Waals surface area contributed by atoms with Crippen LogP contribution in [0.2, 0.25) is 0 Å². The third-order valence-corrected chi connectivity index (χ3v) is 3.76. The second-order valence-corrected chi connectivity index (χ2v) is 5.28. The molecule has 0 aromatic rings. The highest BCUT2D eigenvalue weighted by Crippen LogP contribution is 1.97. The number of hydrogen-bond acceptors (Lipinski definition) is 4. The number of nitrogens with zero attached hydrogens (tertiary/aromatic N) is 2. The van der Waals surface area contributed by atoms with Crippen LogP contribution in [0.1, 0.15) is 12.8 Å². The van der Waals surface area contributed by atoms with Crippen molar-refractivity contribution < 1.29 is 0 Å². The zero-order valence-corrected chi connectivity index (χ0v) is 11.5. The van der Waals surface area contributed by atoms with E-state index in [9.17, 15) is 0 Å². The molecule has 2 rings (SSSR count). The quantitative estimate of drug-likeness (QED) is 0.600. The first kappa shape index (κ1) is 14.0. The third-order valence-electron chi connectivity index (χ3n) is 3.76. The van der Waals surface area contributed by atoms with Crippen LogP contribution in [0.3, 0.4) is 0 Å². The monoisotopic (exact) mass is 252 g/mol. The fraction of sp³-hybridized carbons (Fsp3) is 0.857. The summed E-state index contributed by atoms with van der Waals surface area (Å²) in [5.74, 6) is 0. The summed E-state index contributed by atoms with van der Waals surface area (Å²) in [4.78, 5) is 5.11. The summed E-state index contributed by atoms with van der Waals surface area (Å²) in [7, 11) is 0. The van der Waals surface area contributed by atoms with E-state index >= 15 is 0 Å². The second kappa shape index (κ2) is 8.64. The molecule has 2 unspecified atom stereocenters. The molecule has 0 saturated carbocycles. The first-order valence-corrected chi connectivity index (χ1v) is 7.46. The van der Waals surface area contributed by atoms with Crippen molar-refractivity contribution in [2.24, 2.45) is 0 Å². The number of nitrogens with one attached hydrogen (secondary N) is 2. The lowest BCUT2D eigenvalue weighted by Gasteiger charge is -2.25. The predicted octanol–water partition coefficient (Wildman–Crippen LogP) is 0.133. The second-order valence-electron chi connectivity index (χ2n) is 5.28. The molecule has 2 aliphatic heterocycles. The Bertz CT molecular complexity index is 202. The smallest absolute Gasteiger partial charge is 0.0164 e. The van der Waals surface area contributed by atoms with E-state index in [1.165, 1.54) is 39.0 Å². The van der Waals surface area contributed by atoms with E-state index in [0.717, 1.165) is 39.3 Å². The molecule has 0 fully saturated rings. The van der Waals surface area contributed by atoms with Crippen molar-refractivity contribution in [3.8, 4) is 0 Å². The summed E-state index contributed by atoms with van der Waals surface area (Å²) < 4.78 is 0. The van der Waals surface area contributed by atoms with E-state index in [2.05, 4.69) is 32.6 Å². The van der Waals surface area contributed by atoms with Crippen molar-refractivity contribution in [2.45, 2.75) is 12.8 Å². The molecule has 18 heavy (non-hydrogen) atoms. The molecule has 0 aromatic carbocycles. The van der Waals surface area contributed by atoms with Gasteiger partial charge in [0.05, 0.1) is 0 Å². The molecule has 0 saturated heterocycles. The first-order valence-electron chi connectivity index (χ1n) is 7.46. The maximum absolute atomic E-state index is 3.56. The minimum Gasteiger partial charge on any atom is -0.315 e. The van der Waals surface area contributed by atoms with Gasteiger partial charge in [-0.15, -0.1) is 0 Å². The van der Waals surface area contributed by atoms with Gasteiger partial charge in [-0.3, -0.25) is 9.80 Å². The van der Waals surface area contributed by atoms with Gasteiger partial charge in [-0.2, -0.15) is 0 Å². The molecule has 2 bridgehead atoms. The first-order chi connectivity index (χ1) is 8.95. The summed E-state index contributed by atoms with van der Waals surface area (Å²) >= 11 is 0. The van der Waals surface area contributed by atoms with Gasteiger partial charge in [-0.1, -0.05) is 12.2 Å². The summed E-state index contributed by atoms with van der Waals surface area (Å²) in [5.41, 5.74) is 0. The molecule has 0 aromatic heterocycles. The van der Waals surface area contributed by atoms with Gasteiger partial charge in [0.1, 0.15) is 0 Å². The number of hydrogen-bond donors (Lipinski definition) is 2. The van der Waals surface area contributed by atoms with Crippen molar-refractivity contribution in [1.82, 2.24) is 20.4 Å². The highest BCUT2D eigenvalue weighted by atomic mass is 15.2. The molecular formula is C14H28N4. The Morgan fingerprint density at radius 2 is 1.11 bits per heavy atom. The molecule has 2 atom stereocenters. The minimum atomic E-state index is 1.11. The van der Waals surface area contributed by atoms with Crippen LogP contribution in [-0.4, -0.2) is 75.2 Å². The number of rotatable bonds is 0. The molecule has 4 heteroatoms. The fourth-order valence-electron chi connectivity index (χ4n) is 2.62. The van der Waals surface area contributed by atoms with Crippen LogP contribution in [0.15, 0.2) is 12.2 Å². The molecule has 0 amide bonds. The SMILES string of the molecule is C1=C\CN2CCCNCCN(C/1)CCCNCC2. The Labute approximate surface area is 111 Å². The van der Waals surface area contributed by atoms with Gasteiger partial charge < -0.3 is 10.6 Å². The summed E-state index contributed by atoms with van der Waals surface area (Å²) in [6, 6.07) is 0. The van der Waals surface area contributed by atoms with Crippen molar-refractivity contribution >= 4 is 0 Å². The molecule has 104 valence electrons. The molecule has 0 aliphatic carbocycles. The predicted molar refractivity (Wildman–Crippen MR) is 77.0 cm³/mol. The van der Waals surface area contributed by atoms with Gasteiger partial charge in [0.2, 0.25) is 0 Å². The summed E-state index contributed by atoms with van der Waals surface area (Å²) in [5, 5.41) is 7.13. The van der Waals surface area contributed by atoms with Crippen molar-refractivity contribution in [3.63, 3.8) is 0 Å². The lowest BCUT2D eigenvalue weighted by atomic mass is 10.3. The van der Waals surface area contributed by atoms with Crippen LogP contribution in [0, 0.1) is 0 Å². The minimum absolute atomic E-state index is 1.11. The van der Waals surface area contributed by atoms with Gasteiger partial charge in [-0.05, 0) is 39.0 Å². The maximum atomic E-state index is 3.56. The molecule has 2 N–H and O–H groups in total. The fourth-order valence-corrected chi connectivity index (χ4v) is 2.62. The van der Waals surface area contributed by atoms with Crippen LogP contribution in [-0.2, 0) is 0 Å². The maximum Gasteiger partial charge on any atom is 0.0164 e. The average molecular weight is 252 g/mol. The largest absolute Gasteiger partial charge is 0.315 e. The molecule has 2 heterocycles. The van der Waals surface area contributed by atoms with Gasteiger partial charge in [0.25, 0.3) is 0 Å². The highest BCUT2D eigenvalue weighted by Gasteiger charge is 2.07. The van der Waals surface area contributed by atoms with E-state index in [1.807, 2.05) is 0 Å². The standard InChI is InChI=1S/C14H28N4/c1-2-10-18-12-4-6-15-7-13-17(9-1)11-3-5-16-8-14-18/h1-2,15-16H,3-14H2/b2-1-. The Morgan fingerprint density at radius 1 is 0.611 bits per heavy atom. The van der Waals surface area contributed by atoms with Crippen LogP contribution in [0.5, 0.6) is 0 Å². The van der Waals surface area contributed by atoms with Gasteiger partial charge in [0.15, 0.2) is 0 Å². The van der Waals surface area contributed by atoms with Gasteiger partial charge in [0, 0.05) is 39.3 Å². The van der Waals surface area contributed by atoms with Gasteiger partial charge in [-0.25, -0.2) is 0 Å². The Kier molecular flexibility index (Phi) is 6.72.